The zero-order valence-electron chi connectivity index (χ0n) is 16.5. The molecule has 1 aromatic heterocycles. The van der Waals surface area contributed by atoms with Crippen LogP contribution in [0.4, 0.5) is 0 Å². The molecule has 28 heavy (non-hydrogen) atoms. The number of aryl methyl sites for hydroxylation is 1. The molecule has 0 aliphatic carbocycles. The summed E-state index contributed by atoms with van der Waals surface area (Å²) in [5, 5.41) is 11.2. The summed E-state index contributed by atoms with van der Waals surface area (Å²) in [4.78, 5) is 12.7. The molecule has 0 radical (unpaired) electrons. The highest BCUT2D eigenvalue weighted by Gasteiger charge is 2.17. The lowest BCUT2D eigenvalue weighted by molar-refractivity contribution is 0.284. The average Bonchev–Trinajstić information content (AvgIpc) is 2.72. The van der Waals surface area contributed by atoms with Crippen molar-refractivity contribution < 1.29 is 14.6 Å². The summed E-state index contributed by atoms with van der Waals surface area (Å²) in [6.07, 6.45) is 4.54. The fourth-order valence-corrected chi connectivity index (χ4v) is 3.14. The van der Waals surface area contributed by atoms with Crippen LogP contribution in [0, 0.1) is 0 Å². The summed E-state index contributed by atoms with van der Waals surface area (Å²) < 4.78 is 12.9. The summed E-state index contributed by atoms with van der Waals surface area (Å²) in [6.45, 7) is 3.03. The highest BCUT2D eigenvalue weighted by atomic mass is 16.5. The van der Waals surface area contributed by atoms with Gasteiger partial charge in [-0.2, -0.15) is 0 Å². The normalized spacial score (nSPS) is 10.9. The maximum Gasteiger partial charge on any atom is 0.297 e. The Hall–Kier alpha value is -2.95. The van der Waals surface area contributed by atoms with Crippen molar-refractivity contribution in [2.45, 2.75) is 39.2 Å². The van der Waals surface area contributed by atoms with Gasteiger partial charge in [-0.05, 0) is 24.1 Å². The van der Waals surface area contributed by atoms with Crippen LogP contribution in [0.1, 0.15) is 38.2 Å². The van der Waals surface area contributed by atoms with Crippen LogP contribution in [0.5, 0.6) is 17.2 Å². The number of fused-ring (bicyclic) bond motifs is 1. The zero-order chi connectivity index (χ0) is 19.9. The third-order valence-electron chi connectivity index (χ3n) is 4.79. The van der Waals surface area contributed by atoms with E-state index in [4.69, 9.17) is 9.47 Å². The van der Waals surface area contributed by atoms with Gasteiger partial charge in [0.25, 0.3) is 5.56 Å². The number of pyridine rings is 1. The second-order valence-corrected chi connectivity index (χ2v) is 6.90. The quantitative estimate of drug-likeness (QED) is 0.542. The van der Waals surface area contributed by atoms with Gasteiger partial charge in [-0.15, -0.1) is 0 Å². The largest absolute Gasteiger partial charge is 0.504 e. The molecule has 148 valence electrons. The fourth-order valence-electron chi connectivity index (χ4n) is 3.14. The van der Waals surface area contributed by atoms with Gasteiger partial charge < -0.3 is 19.1 Å². The Morgan fingerprint density at radius 1 is 1.00 bits per heavy atom. The molecule has 1 heterocycles. The molecule has 3 aromatic rings. The smallest absolute Gasteiger partial charge is 0.297 e. The van der Waals surface area contributed by atoms with Gasteiger partial charge in [0.2, 0.25) is 5.75 Å². The Balaban J connectivity index is 1.81. The number of aromatic hydroxyl groups is 1. The van der Waals surface area contributed by atoms with Crippen molar-refractivity contribution >= 4 is 10.9 Å². The lowest BCUT2D eigenvalue weighted by Crippen LogP contribution is -2.20. The minimum Gasteiger partial charge on any atom is -0.504 e. The topological polar surface area (TPSA) is 60.7 Å². The molecule has 2 aromatic carbocycles. The molecular formula is C23H27NO4. The lowest BCUT2D eigenvalue weighted by atomic mass is 10.1. The van der Waals surface area contributed by atoms with Gasteiger partial charge >= 0.3 is 0 Å². The van der Waals surface area contributed by atoms with Gasteiger partial charge in [0.05, 0.1) is 12.1 Å². The van der Waals surface area contributed by atoms with Gasteiger partial charge in [-0.1, -0.05) is 56.5 Å². The molecule has 0 spiro atoms. The molecule has 0 fully saturated rings. The first-order chi connectivity index (χ1) is 13.6. The van der Waals surface area contributed by atoms with Crippen molar-refractivity contribution in [3.8, 4) is 17.2 Å². The number of ether oxygens (including phenoxy) is 2. The third kappa shape index (κ3) is 4.47. The molecule has 0 amide bonds. The van der Waals surface area contributed by atoms with E-state index in [0.29, 0.717) is 23.3 Å². The van der Waals surface area contributed by atoms with Gasteiger partial charge in [0, 0.05) is 18.5 Å². The molecule has 1 N–H and O–H groups in total. The number of rotatable bonds is 9. The molecule has 0 unspecified atom stereocenters. The Kier molecular flexibility index (Phi) is 6.58. The maximum absolute atomic E-state index is 12.7. The Bertz CT molecular complexity index is 979. The maximum atomic E-state index is 12.7. The van der Waals surface area contributed by atoms with Crippen LogP contribution in [0.2, 0.25) is 0 Å². The van der Waals surface area contributed by atoms with Gasteiger partial charge in [0.15, 0.2) is 5.75 Å². The molecular weight excluding hydrogens is 354 g/mol. The fraction of sp³-hybridized carbons (Fsp3) is 0.348. The average molecular weight is 381 g/mol. The van der Waals surface area contributed by atoms with Crippen molar-refractivity contribution in [3.63, 3.8) is 0 Å². The van der Waals surface area contributed by atoms with Gasteiger partial charge in [-0.3, -0.25) is 4.79 Å². The second kappa shape index (κ2) is 9.31. The van der Waals surface area contributed by atoms with E-state index in [9.17, 15) is 9.90 Å². The molecule has 5 nitrogen and oxygen atoms in total. The van der Waals surface area contributed by atoms with Crippen molar-refractivity contribution in [1.29, 1.82) is 0 Å². The second-order valence-electron chi connectivity index (χ2n) is 6.90. The van der Waals surface area contributed by atoms with Crippen LogP contribution in [0.15, 0.2) is 53.3 Å². The highest BCUT2D eigenvalue weighted by molar-refractivity contribution is 5.88. The molecule has 0 atom stereocenters. The van der Waals surface area contributed by atoms with Gasteiger partial charge in [-0.25, -0.2) is 0 Å². The van der Waals surface area contributed by atoms with Crippen molar-refractivity contribution in [2.24, 2.45) is 7.05 Å². The SMILES string of the molecule is CCCCCCOc1ccc2c(O)c(OCc3ccccc3)c(=O)n(C)c2c1. The van der Waals surface area contributed by atoms with E-state index < -0.39 is 0 Å². The Morgan fingerprint density at radius 3 is 2.54 bits per heavy atom. The summed E-state index contributed by atoms with van der Waals surface area (Å²) in [5.41, 5.74) is 1.16. The van der Waals surface area contributed by atoms with Crippen LogP contribution in [0.25, 0.3) is 10.9 Å². The van der Waals surface area contributed by atoms with Crippen molar-refractivity contribution in [1.82, 2.24) is 4.57 Å². The highest BCUT2D eigenvalue weighted by Crippen LogP contribution is 2.33. The number of aromatic nitrogens is 1. The number of nitrogens with zero attached hydrogens (tertiary/aromatic N) is 1. The minimum atomic E-state index is -0.374. The Labute approximate surface area is 165 Å². The molecule has 0 bridgehead atoms. The zero-order valence-corrected chi connectivity index (χ0v) is 16.5. The third-order valence-corrected chi connectivity index (χ3v) is 4.79. The molecule has 0 saturated heterocycles. The first-order valence-corrected chi connectivity index (χ1v) is 9.77. The predicted molar refractivity (Wildman–Crippen MR) is 111 cm³/mol. The van der Waals surface area contributed by atoms with E-state index in [-0.39, 0.29) is 23.7 Å². The number of benzene rings is 2. The van der Waals surface area contributed by atoms with Crippen LogP contribution in [-0.2, 0) is 13.7 Å². The predicted octanol–water partition coefficient (Wildman–Crippen LogP) is 4.78. The minimum absolute atomic E-state index is 0.0351. The van der Waals surface area contributed by atoms with E-state index in [2.05, 4.69) is 6.92 Å². The molecule has 0 aliphatic rings. The van der Waals surface area contributed by atoms with Crippen LogP contribution in [-0.4, -0.2) is 16.3 Å². The number of hydrogen-bond donors (Lipinski definition) is 1. The van der Waals surface area contributed by atoms with E-state index >= 15 is 0 Å². The van der Waals surface area contributed by atoms with Crippen LogP contribution >= 0.6 is 0 Å². The first kappa shape index (κ1) is 19.8. The first-order valence-electron chi connectivity index (χ1n) is 9.77. The molecule has 0 aliphatic heterocycles. The molecule has 3 rings (SSSR count). The van der Waals surface area contributed by atoms with Crippen LogP contribution in [0.3, 0.4) is 0 Å². The molecule has 0 saturated carbocycles. The van der Waals surface area contributed by atoms with Crippen molar-refractivity contribution in [3.05, 3.63) is 64.4 Å². The lowest BCUT2D eigenvalue weighted by Gasteiger charge is -2.14. The van der Waals surface area contributed by atoms with E-state index in [1.54, 1.807) is 19.2 Å². The Morgan fingerprint density at radius 2 is 1.79 bits per heavy atom. The summed E-state index contributed by atoms with van der Waals surface area (Å²) >= 11 is 0. The summed E-state index contributed by atoms with van der Waals surface area (Å²) in [5.74, 6) is 0.520. The van der Waals surface area contributed by atoms with E-state index in [0.717, 1.165) is 18.4 Å². The van der Waals surface area contributed by atoms with E-state index in [1.165, 1.54) is 17.4 Å². The number of unbranched alkanes of at least 4 members (excludes halogenated alkanes) is 3. The van der Waals surface area contributed by atoms with Gasteiger partial charge in [0.1, 0.15) is 12.4 Å². The summed E-state index contributed by atoms with van der Waals surface area (Å²) in [7, 11) is 1.67. The summed E-state index contributed by atoms with van der Waals surface area (Å²) in [6, 6.07) is 14.9. The van der Waals surface area contributed by atoms with Crippen LogP contribution < -0.4 is 15.0 Å². The monoisotopic (exact) mass is 381 g/mol. The van der Waals surface area contributed by atoms with E-state index in [1.807, 2.05) is 36.4 Å². The molecule has 5 heteroatoms. The number of hydrogen-bond acceptors (Lipinski definition) is 4. The standard InChI is InChI=1S/C23H27NO4/c1-3-4-5-9-14-27-18-12-13-19-20(15-18)24(2)23(26)22(21(19)25)28-16-17-10-7-6-8-11-17/h6-8,10-13,15,25H,3-5,9,14,16H2,1-2H3. The van der Waals surface area contributed by atoms with Crippen molar-refractivity contribution in [2.75, 3.05) is 6.61 Å².